The molecule has 1 aromatic rings. The van der Waals surface area contributed by atoms with Gasteiger partial charge < -0.3 is 34.9 Å². The predicted octanol–water partition coefficient (Wildman–Crippen LogP) is 5.08. The number of nitrogens with one attached hydrogen (secondary N) is 3. The number of hydrogen-bond donors (Lipinski definition) is 3. The molecule has 4 atom stereocenters. The van der Waals surface area contributed by atoms with Crippen LogP contribution in [0.25, 0.3) is 10.4 Å². The van der Waals surface area contributed by atoms with Crippen molar-refractivity contribution in [2.45, 2.75) is 143 Å². The van der Waals surface area contributed by atoms with E-state index in [2.05, 4.69) is 26.0 Å². The summed E-state index contributed by atoms with van der Waals surface area (Å²) in [4.78, 5) is 107. The van der Waals surface area contributed by atoms with Crippen LogP contribution in [0.15, 0.2) is 29.4 Å². The first-order chi connectivity index (χ1) is 26.7. The summed E-state index contributed by atoms with van der Waals surface area (Å²) in [7, 11) is 1.13. The molecule has 0 heterocycles. The third-order valence-electron chi connectivity index (χ3n) is 7.78. The van der Waals surface area contributed by atoms with Gasteiger partial charge in [0.15, 0.2) is 5.78 Å². The van der Waals surface area contributed by atoms with Crippen LogP contribution in [0.1, 0.15) is 125 Å². The normalized spacial score (nSPS) is 13.6. The van der Waals surface area contributed by atoms with Gasteiger partial charge in [-0.1, -0.05) is 24.2 Å². The van der Waals surface area contributed by atoms with E-state index in [1.807, 2.05) is 0 Å². The van der Waals surface area contributed by atoms with E-state index in [-0.39, 0.29) is 25.3 Å². The monoisotopic (exact) mass is 816 g/mol. The minimum Gasteiger partial charge on any atom is -0.467 e. The summed E-state index contributed by atoms with van der Waals surface area (Å²) in [5.74, 6) is -8.29. The molecule has 58 heavy (non-hydrogen) atoms. The van der Waals surface area contributed by atoms with Gasteiger partial charge in [0.25, 0.3) is 5.91 Å². The number of ketones is 1. The third-order valence-corrected chi connectivity index (χ3v) is 7.78. The minimum absolute atomic E-state index is 0.0646. The SMILES string of the molecule is COC(=O)[C@H](CCCCNC(=O)c1ccc(N=[N+]=[N-])cc1)NC(=O)[C@H](CC(=O)OC(C)(C)C)CC(=O)[C@H](CC(=O)OC(C)(C)C)NC(=O)[C@@H](C)CC(=O)OC(C)(C)C. The Bertz CT molecular complexity index is 1670. The number of benzene rings is 1. The lowest BCUT2D eigenvalue weighted by atomic mass is 9.92. The lowest BCUT2D eigenvalue weighted by Gasteiger charge is -2.26. The zero-order valence-corrected chi connectivity index (χ0v) is 35.5. The molecule has 0 unspecified atom stereocenters. The van der Waals surface area contributed by atoms with Crippen LogP contribution < -0.4 is 16.0 Å². The van der Waals surface area contributed by atoms with E-state index >= 15 is 0 Å². The van der Waals surface area contributed by atoms with E-state index in [0.29, 0.717) is 24.1 Å². The molecule has 0 aliphatic carbocycles. The minimum atomic E-state index is -1.52. The second-order valence-corrected chi connectivity index (χ2v) is 16.8. The fraction of sp³-hybridized carbons (Fsp3) is 0.650. The van der Waals surface area contributed by atoms with Gasteiger partial charge in [-0.3, -0.25) is 33.6 Å². The van der Waals surface area contributed by atoms with Crippen LogP contribution in [0.3, 0.4) is 0 Å². The second kappa shape index (κ2) is 23.0. The highest BCUT2D eigenvalue weighted by atomic mass is 16.6. The van der Waals surface area contributed by atoms with Crippen LogP contribution in [0.4, 0.5) is 5.69 Å². The van der Waals surface area contributed by atoms with Crippen LogP contribution in [0.2, 0.25) is 0 Å². The van der Waals surface area contributed by atoms with Crippen molar-refractivity contribution in [1.29, 1.82) is 0 Å². The van der Waals surface area contributed by atoms with Crippen molar-refractivity contribution in [3.63, 3.8) is 0 Å². The first kappa shape index (κ1) is 50.5. The van der Waals surface area contributed by atoms with Crippen molar-refractivity contribution in [3.05, 3.63) is 40.3 Å². The van der Waals surface area contributed by atoms with Crippen LogP contribution in [0.5, 0.6) is 0 Å². The summed E-state index contributed by atoms with van der Waals surface area (Å²) >= 11 is 0. The van der Waals surface area contributed by atoms with Crippen molar-refractivity contribution < 1.29 is 57.3 Å². The molecule has 0 aliphatic rings. The number of esters is 4. The highest BCUT2D eigenvalue weighted by molar-refractivity contribution is 5.97. The number of ether oxygens (including phenoxy) is 4. The Balaban J connectivity index is 3.22. The number of methoxy groups -OCH3 is 1. The molecule has 322 valence electrons. The summed E-state index contributed by atoms with van der Waals surface area (Å²) in [5.41, 5.74) is 6.55. The van der Waals surface area contributed by atoms with Gasteiger partial charge in [0.2, 0.25) is 11.8 Å². The van der Waals surface area contributed by atoms with Crippen LogP contribution in [-0.4, -0.2) is 89.9 Å². The van der Waals surface area contributed by atoms with Crippen molar-refractivity contribution in [2.24, 2.45) is 17.0 Å². The van der Waals surface area contributed by atoms with E-state index in [9.17, 15) is 38.4 Å². The molecule has 0 aromatic heterocycles. The molecule has 0 bridgehead atoms. The van der Waals surface area contributed by atoms with E-state index in [4.69, 9.17) is 24.5 Å². The summed E-state index contributed by atoms with van der Waals surface area (Å²) in [6, 6.07) is 3.27. The number of hydrogen-bond acceptors (Lipinski definition) is 13. The van der Waals surface area contributed by atoms with Crippen LogP contribution in [0, 0.1) is 11.8 Å². The van der Waals surface area contributed by atoms with Gasteiger partial charge in [0, 0.05) is 35.0 Å². The Morgan fingerprint density at radius 1 is 0.690 bits per heavy atom. The zero-order valence-electron chi connectivity index (χ0n) is 35.5. The molecule has 0 spiro atoms. The molecule has 0 saturated carbocycles. The smallest absolute Gasteiger partial charge is 0.328 e. The largest absolute Gasteiger partial charge is 0.467 e. The molecule has 0 fully saturated rings. The molecule has 0 aliphatic heterocycles. The van der Waals surface area contributed by atoms with Crippen molar-refractivity contribution in [3.8, 4) is 0 Å². The highest BCUT2D eigenvalue weighted by Crippen LogP contribution is 2.20. The van der Waals surface area contributed by atoms with Gasteiger partial charge in [0.05, 0.1) is 38.3 Å². The van der Waals surface area contributed by atoms with E-state index in [1.165, 1.54) is 31.2 Å². The molecular formula is C40H60N6O12. The lowest BCUT2D eigenvalue weighted by molar-refractivity contribution is -0.159. The van der Waals surface area contributed by atoms with Gasteiger partial charge in [-0.25, -0.2) is 4.79 Å². The quantitative estimate of drug-likeness (QED) is 0.0367. The molecule has 18 nitrogen and oxygen atoms in total. The Labute approximate surface area is 339 Å². The van der Waals surface area contributed by atoms with E-state index in [1.54, 1.807) is 62.3 Å². The molecule has 1 rings (SSSR count). The molecule has 3 amide bonds. The second-order valence-electron chi connectivity index (χ2n) is 16.8. The Morgan fingerprint density at radius 3 is 1.69 bits per heavy atom. The van der Waals surface area contributed by atoms with Crippen molar-refractivity contribution in [2.75, 3.05) is 13.7 Å². The van der Waals surface area contributed by atoms with Crippen LogP contribution in [-0.2, 0) is 52.5 Å². The number of amides is 3. The maximum atomic E-state index is 13.9. The molecule has 0 saturated heterocycles. The average Bonchev–Trinajstić information content (AvgIpc) is 3.07. The first-order valence-electron chi connectivity index (χ1n) is 19.0. The number of nitrogens with zero attached hydrogens (tertiary/aromatic N) is 3. The zero-order chi connectivity index (χ0) is 44.4. The molecule has 3 N–H and O–H groups in total. The predicted molar refractivity (Wildman–Crippen MR) is 211 cm³/mol. The first-order valence-corrected chi connectivity index (χ1v) is 19.0. The summed E-state index contributed by atoms with van der Waals surface area (Å²) in [5, 5.41) is 11.3. The third kappa shape index (κ3) is 21.1. The average molecular weight is 817 g/mol. The van der Waals surface area contributed by atoms with E-state index in [0.717, 1.165) is 7.11 Å². The van der Waals surface area contributed by atoms with Gasteiger partial charge in [-0.15, -0.1) is 0 Å². The maximum absolute atomic E-state index is 13.9. The summed E-state index contributed by atoms with van der Waals surface area (Å²) in [6.07, 6.45) is -1.42. The fourth-order valence-corrected chi connectivity index (χ4v) is 5.25. The maximum Gasteiger partial charge on any atom is 0.328 e. The van der Waals surface area contributed by atoms with Crippen LogP contribution >= 0.6 is 0 Å². The number of unbranched alkanes of at least 4 members (excludes halogenated alkanes) is 1. The molecular weight excluding hydrogens is 756 g/mol. The lowest BCUT2D eigenvalue weighted by Crippen LogP contribution is -2.48. The number of carbonyl (C=O) groups is 8. The van der Waals surface area contributed by atoms with Crippen molar-refractivity contribution in [1.82, 2.24) is 16.0 Å². The summed E-state index contributed by atoms with van der Waals surface area (Å²) in [6.45, 7) is 16.4. The fourth-order valence-electron chi connectivity index (χ4n) is 5.25. The molecule has 1 aromatic carbocycles. The highest BCUT2D eigenvalue weighted by Gasteiger charge is 2.35. The number of rotatable bonds is 21. The molecule has 0 radical (unpaired) electrons. The van der Waals surface area contributed by atoms with Gasteiger partial charge in [-0.2, -0.15) is 0 Å². The van der Waals surface area contributed by atoms with Gasteiger partial charge in [-0.05, 0) is 99.2 Å². The standard InChI is InChI=1S/C40H60N6O12/c1-24(20-31(48)56-38(2,3)4)34(51)44-29(23-33(50)58-40(8,9)10)30(47)21-26(22-32(49)57-39(5,6)7)36(53)43-28(37(54)55-11)14-12-13-19-42-35(52)25-15-17-27(18-16-25)45-46-41/h15-18,24,26,28-29H,12-14,19-23H2,1-11H3,(H,42,52)(H,43,53)(H,44,51)/t24-,26-,28-,29-/m0/s1. The van der Waals surface area contributed by atoms with Gasteiger partial charge in [0.1, 0.15) is 22.8 Å². The number of Topliss-reactive ketones (excluding diaryl/α,β-unsaturated/α-hetero) is 1. The topological polar surface area (TPSA) is 258 Å². The Kier molecular flexibility index (Phi) is 20.1. The van der Waals surface area contributed by atoms with Crippen molar-refractivity contribution >= 4 is 53.1 Å². The van der Waals surface area contributed by atoms with E-state index < -0.39 is 101 Å². The Morgan fingerprint density at radius 2 is 1.19 bits per heavy atom. The number of azide groups is 1. The number of carbonyl (C=O) groups excluding carboxylic acids is 8. The summed E-state index contributed by atoms with van der Waals surface area (Å²) < 4.78 is 21.0. The van der Waals surface area contributed by atoms with Gasteiger partial charge >= 0.3 is 23.9 Å². The molecule has 18 heteroatoms. The Hall–Kier alpha value is -5.51.